The van der Waals surface area contributed by atoms with E-state index in [1.807, 2.05) is 0 Å². The Morgan fingerprint density at radius 2 is 1.55 bits per heavy atom. The molecule has 0 radical (unpaired) electrons. The molecule has 0 aromatic heterocycles. The lowest BCUT2D eigenvalue weighted by Gasteiger charge is -2.35. The van der Waals surface area contributed by atoms with Gasteiger partial charge in [-0.3, -0.25) is 0 Å². The highest BCUT2D eigenvalue weighted by Gasteiger charge is 2.29. The SMILES string of the molecule is CC1(C)COC(c2ccc(N3CCCCC3)cc2)OC1. The molecule has 2 fully saturated rings. The predicted octanol–water partition coefficient (Wildman–Crippen LogP) is 3.75. The van der Waals surface area contributed by atoms with Crippen LogP contribution in [-0.4, -0.2) is 26.3 Å². The standard InChI is InChI=1S/C17H25NO2/c1-17(2)12-19-16(20-13-17)14-6-8-15(9-7-14)18-10-4-3-5-11-18/h6-9,16H,3-5,10-13H2,1-2H3. The first-order chi connectivity index (χ1) is 9.64. The second-order valence-electron chi connectivity index (χ2n) is 6.76. The zero-order chi connectivity index (χ0) is 14.0. The van der Waals surface area contributed by atoms with Crippen LogP contribution >= 0.6 is 0 Å². The van der Waals surface area contributed by atoms with E-state index in [1.54, 1.807) is 0 Å². The topological polar surface area (TPSA) is 21.7 Å². The number of ether oxygens (including phenoxy) is 2. The van der Waals surface area contributed by atoms with Crippen molar-refractivity contribution in [2.24, 2.45) is 5.41 Å². The molecule has 0 N–H and O–H groups in total. The summed E-state index contributed by atoms with van der Waals surface area (Å²) in [5.74, 6) is 0. The maximum Gasteiger partial charge on any atom is 0.183 e. The molecule has 2 aliphatic rings. The molecule has 1 aromatic rings. The summed E-state index contributed by atoms with van der Waals surface area (Å²) in [4.78, 5) is 2.47. The van der Waals surface area contributed by atoms with Crippen LogP contribution in [0.15, 0.2) is 24.3 Å². The van der Waals surface area contributed by atoms with E-state index in [9.17, 15) is 0 Å². The molecule has 20 heavy (non-hydrogen) atoms. The largest absolute Gasteiger partial charge is 0.372 e. The van der Waals surface area contributed by atoms with Gasteiger partial charge in [0.05, 0.1) is 13.2 Å². The molecular weight excluding hydrogens is 250 g/mol. The van der Waals surface area contributed by atoms with E-state index in [2.05, 4.69) is 43.0 Å². The maximum atomic E-state index is 5.83. The third-order valence-electron chi connectivity index (χ3n) is 4.14. The first-order valence-corrected chi connectivity index (χ1v) is 7.72. The molecule has 0 saturated carbocycles. The third-order valence-corrected chi connectivity index (χ3v) is 4.14. The first kappa shape index (κ1) is 13.9. The summed E-state index contributed by atoms with van der Waals surface area (Å²) in [5.41, 5.74) is 2.58. The summed E-state index contributed by atoms with van der Waals surface area (Å²) in [6, 6.07) is 8.69. The maximum absolute atomic E-state index is 5.83. The second-order valence-corrected chi connectivity index (χ2v) is 6.76. The molecule has 0 bridgehead atoms. The van der Waals surface area contributed by atoms with Gasteiger partial charge in [-0.15, -0.1) is 0 Å². The van der Waals surface area contributed by atoms with Gasteiger partial charge in [0, 0.05) is 29.8 Å². The predicted molar refractivity (Wildman–Crippen MR) is 80.9 cm³/mol. The summed E-state index contributed by atoms with van der Waals surface area (Å²) in [6.07, 6.45) is 3.80. The molecule has 0 amide bonds. The number of anilines is 1. The van der Waals surface area contributed by atoms with E-state index >= 15 is 0 Å². The minimum absolute atomic E-state index is 0.129. The summed E-state index contributed by atoms with van der Waals surface area (Å²) >= 11 is 0. The second kappa shape index (κ2) is 5.74. The van der Waals surface area contributed by atoms with Crippen LogP contribution in [0.3, 0.4) is 0 Å². The summed E-state index contributed by atoms with van der Waals surface area (Å²) in [5, 5.41) is 0. The van der Waals surface area contributed by atoms with Gasteiger partial charge in [-0.25, -0.2) is 0 Å². The molecule has 0 unspecified atom stereocenters. The minimum Gasteiger partial charge on any atom is -0.372 e. The highest BCUT2D eigenvalue weighted by atomic mass is 16.7. The fourth-order valence-electron chi connectivity index (χ4n) is 2.88. The number of piperidine rings is 1. The molecule has 0 aliphatic carbocycles. The molecule has 2 saturated heterocycles. The van der Waals surface area contributed by atoms with Crippen LogP contribution in [0.4, 0.5) is 5.69 Å². The van der Waals surface area contributed by atoms with Crippen molar-refractivity contribution < 1.29 is 9.47 Å². The van der Waals surface area contributed by atoms with Gasteiger partial charge in [0.25, 0.3) is 0 Å². The van der Waals surface area contributed by atoms with Crippen molar-refractivity contribution >= 4 is 5.69 Å². The average molecular weight is 275 g/mol. The molecule has 3 rings (SSSR count). The van der Waals surface area contributed by atoms with Gasteiger partial charge in [-0.05, 0) is 31.4 Å². The minimum atomic E-state index is -0.196. The Kier molecular flexibility index (Phi) is 3.99. The normalized spacial score (nSPS) is 23.8. The lowest BCUT2D eigenvalue weighted by molar-refractivity contribution is -0.226. The Bertz CT molecular complexity index is 425. The van der Waals surface area contributed by atoms with Crippen molar-refractivity contribution in [2.75, 3.05) is 31.2 Å². The third kappa shape index (κ3) is 3.15. The lowest BCUT2D eigenvalue weighted by Crippen LogP contribution is -2.33. The highest BCUT2D eigenvalue weighted by Crippen LogP contribution is 2.32. The number of hydrogen-bond acceptors (Lipinski definition) is 3. The van der Waals surface area contributed by atoms with Crippen LogP contribution in [0.5, 0.6) is 0 Å². The van der Waals surface area contributed by atoms with Gasteiger partial charge in [0.15, 0.2) is 6.29 Å². The average Bonchev–Trinajstić information content (AvgIpc) is 2.48. The van der Waals surface area contributed by atoms with Gasteiger partial charge in [-0.2, -0.15) is 0 Å². The summed E-state index contributed by atoms with van der Waals surface area (Å²) < 4.78 is 11.7. The van der Waals surface area contributed by atoms with Crippen molar-refractivity contribution in [3.63, 3.8) is 0 Å². The van der Waals surface area contributed by atoms with Gasteiger partial charge in [-0.1, -0.05) is 26.0 Å². The van der Waals surface area contributed by atoms with Crippen LogP contribution in [0.1, 0.15) is 45.0 Å². The van der Waals surface area contributed by atoms with E-state index in [0.29, 0.717) is 0 Å². The van der Waals surface area contributed by atoms with Crippen LogP contribution < -0.4 is 4.90 Å². The van der Waals surface area contributed by atoms with Crippen LogP contribution in [0.2, 0.25) is 0 Å². The molecule has 2 heterocycles. The Morgan fingerprint density at radius 1 is 0.950 bits per heavy atom. The summed E-state index contributed by atoms with van der Waals surface area (Å²) in [7, 11) is 0. The molecular formula is C17H25NO2. The number of benzene rings is 1. The Labute approximate surface area is 121 Å². The molecule has 3 heteroatoms. The van der Waals surface area contributed by atoms with Crippen LogP contribution in [0.25, 0.3) is 0 Å². The lowest BCUT2D eigenvalue weighted by atomic mass is 9.95. The smallest absolute Gasteiger partial charge is 0.183 e. The zero-order valence-electron chi connectivity index (χ0n) is 12.6. The van der Waals surface area contributed by atoms with Crippen LogP contribution in [0, 0.1) is 5.41 Å². The van der Waals surface area contributed by atoms with E-state index < -0.39 is 0 Å². The van der Waals surface area contributed by atoms with Crippen molar-refractivity contribution in [1.29, 1.82) is 0 Å². The van der Waals surface area contributed by atoms with E-state index in [0.717, 1.165) is 18.8 Å². The van der Waals surface area contributed by atoms with E-state index in [-0.39, 0.29) is 11.7 Å². The van der Waals surface area contributed by atoms with E-state index in [4.69, 9.17) is 9.47 Å². The van der Waals surface area contributed by atoms with E-state index in [1.165, 1.54) is 38.0 Å². The number of rotatable bonds is 2. The summed E-state index contributed by atoms with van der Waals surface area (Å²) in [6.45, 7) is 8.22. The van der Waals surface area contributed by atoms with Gasteiger partial charge >= 0.3 is 0 Å². The highest BCUT2D eigenvalue weighted by molar-refractivity contribution is 5.48. The van der Waals surface area contributed by atoms with Gasteiger partial charge < -0.3 is 14.4 Å². The van der Waals surface area contributed by atoms with Gasteiger partial charge in [0.2, 0.25) is 0 Å². The Hall–Kier alpha value is -1.06. The molecule has 0 spiro atoms. The van der Waals surface area contributed by atoms with Crippen molar-refractivity contribution in [3.8, 4) is 0 Å². The number of hydrogen-bond donors (Lipinski definition) is 0. The molecule has 1 aromatic carbocycles. The molecule has 3 nitrogen and oxygen atoms in total. The molecule has 110 valence electrons. The first-order valence-electron chi connectivity index (χ1n) is 7.72. The quantitative estimate of drug-likeness (QED) is 0.820. The number of nitrogens with zero attached hydrogens (tertiary/aromatic N) is 1. The van der Waals surface area contributed by atoms with Crippen molar-refractivity contribution in [3.05, 3.63) is 29.8 Å². The fourth-order valence-corrected chi connectivity index (χ4v) is 2.88. The van der Waals surface area contributed by atoms with Crippen molar-refractivity contribution in [2.45, 2.75) is 39.4 Å². The monoisotopic (exact) mass is 275 g/mol. The Balaban J connectivity index is 1.64. The zero-order valence-corrected chi connectivity index (χ0v) is 12.6. The molecule has 2 aliphatic heterocycles. The molecule has 0 atom stereocenters. The Morgan fingerprint density at radius 3 is 2.15 bits per heavy atom. The van der Waals surface area contributed by atoms with Crippen molar-refractivity contribution in [1.82, 2.24) is 0 Å². The van der Waals surface area contributed by atoms with Gasteiger partial charge in [0.1, 0.15) is 0 Å². The fraction of sp³-hybridized carbons (Fsp3) is 0.647. The van der Waals surface area contributed by atoms with Crippen LogP contribution in [-0.2, 0) is 9.47 Å².